The number of anilines is 1. The van der Waals surface area contributed by atoms with Gasteiger partial charge in [0.1, 0.15) is 30.0 Å². The van der Waals surface area contributed by atoms with Crippen LogP contribution in [-0.2, 0) is 0 Å². The van der Waals surface area contributed by atoms with Gasteiger partial charge in [0.15, 0.2) is 0 Å². The smallest absolute Gasteiger partial charge is 0.275 e. The van der Waals surface area contributed by atoms with Gasteiger partial charge in [-0.15, -0.1) is 0 Å². The van der Waals surface area contributed by atoms with Crippen LogP contribution in [0.2, 0.25) is 0 Å². The van der Waals surface area contributed by atoms with Crippen molar-refractivity contribution in [1.29, 1.82) is 0 Å². The van der Waals surface area contributed by atoms with Crippen LogP contribution < -0.4 is 5.32 Å². The third-order valence-electron chi connectivity index (χ3n) is 3.49. The Morgan fingerprint density at radius 2 is 2.00 bits per heavy atom. The maximum atomic E-state index is 12.4. The molecule has 0 spiro atoms. The number of carbonyl (C=O) groups is 1. The number of hydrogen-bond donors (Lipinski definition) is 1. The molecule has 3 aromatic heterocycles. The zero-order valence-electron chi connectivity index (χ0n) is 12.5. The van der Waals surface area contributed by atoms with Crippen molar-refractivity contribution < 1.29 is 4.79 Å². The molecule has 0 aliphatic rings. The normalized spacial score (nSPS) is 10.7. The predicted octanol–water partition coefficient (Wildman–Crippen LogP) is 2.46. The van der Waals surface area contributed by atoms with Crippen molar-refractivity contribution in [3.8, 4) is 5.82 Å². The van der Waals surface area contributed by atoms with Crippen molar-refractivity contribution in [3.05, 3.63) is 73.2 Å². The molecule has 7 heteroatoms. The van der Waals surface area contributed by atoms with Gasteiger partial charge in [-0.1, -0.05) is 24.3 Å². The highest BCUT2D eigenvalue weighted by Crippen LogP contribution is 2.14. The van der Waals surface area contributed by atoms with Crippen LogP contribution in [-0.4, -0.2) is 30.4 Å². The monoisotopic (exact) mass is 316 g/mol. The van der Waals surface area contributed by atoms with Gasteiger partial charge in [0.25, 0.3) is 5.91 Å². The molecule has 0 aliphatic carbocycles. The Bertz CT molecular complexity index is 1010. The predicted molar refractivity (Wildman–Crippen MR) is 88.9 cm³/mol. The lowest BCUT2D eigenvalue weighted by molar-refractivity contribution is 0.102. The van der Waals surface area contributed by atoms with E-state index >= 15 is 0 Å². The average molecular weight is 316 g/mol. The summed E-state index contributed by atoms with van der Waals surface area (Å²) in [7, 11) is 0. The minimum Gasteiger partial charge on any atom is -0.305 e. The molecule has 1 aromatic carbocycles. The Morgan fingerprint density at radius 3 is 2.88 bits per heavy atom. The van der Waals surface area contributed by atoms with Gasteiger partial charge in [-0.3, -0.25) is 9.36 Å². The van der Waals surface area contributed by atoms with E-state index in [-0.39, 0.29) is 5.91 Å². The standard InChI is InChI=1S/C17H12N6O/c24-17(14-6-5-12-3-1-2-4-13(12)21-14)22-15-9-16(20-10-19-15)23-8-7-18-11-23/h1-11H,(H,19,20,22,24). The highest BCUT2D eigenvalue weighted by atomic mass is 16.1. The molecule has 0 aliphatic heterocycles. The van der Waals surface area contributed by atoms with E-state index in [1.807, 2.05) is 30.3 Å². The summed E-state index contributed by atoms with van der Waals surface area (Å²) in [5.74, 6) is 0.689. The molecule has 3 heterocycles. The number of nitrogens with zero attached hydrogens (tertiary/aromatic N) is 5. The summed E-state index contributed by atoms with van der Waals surface area (Å²) in [5.41, 5.74) is 1.10. The largest absolute Gasteiger partial charge is 0.305 e. The lowest BCUT2D eigenvalue weighted by Crippen LogP contribution is -2.15. The molecule has 0 unspecified atom stereocenters. The first-order chi connectivity index (χ1) is 11.8. The summed E-state index contributed by atoms with van der Waals surface area (Å²) in [6.07, 6.45) is 6.43. The highest BCUT2D eigenvalue weighted by Gasteiger charge is 2.10. The van der Waals surface area contributed by atoms with Crippen LogP contribution in [0.5, 0.6) is 0 Å². The fraction of sp³-hybridized carbons (Fsp3) is 0. The summed E-state index contributed by atoms with van der Waals surface area (Å²) < 4.78 is 1.73. The molecule has 1 amide bonds. The minimum atomic E-state index is -0.323. The molecule has 24 heavy (non-hydrogen) atoms. The van der Waals surface area contributed by atoms with Gasteiger partial charge in [-0.25, -0.2) is 19.9 Å². The fourth-order valence-electron chi connectivity index (χ4n) is 2.32. The van der Waals surface area contributed by atoms with Crippen LogP contribution in [0, 0.1) is 0 Å². The maximum Gasteiger partial charge on any atom is 0.275 e. The molecule has 0 saturated heterocycles. The molecule has 1 N–H and O–H groups in total. The number of carbonyl (C=O) groups excluding carboxylic acids is 1. The summed E-state index contributed by atoms with van der Waals surface area (Å²) in [5, 5.41) is 3.72. The van der Waals surface area contributed by atoms with Gasteiger partial charge in [0.2, 0.25) is 0 Å². The van der Waals surface area contributed by atoms with E-state index in [0.29, 0.717) is 17.3 Å². The van der Waals surface area contributed by atoms with E-state index in [0.717, 1.165) is 10.9 Å². The van der Waals surface area contributed by atoms with E-state index in [9.17, 15) is 4.79 Å². The van der Waals surface area contributed by atoms with Crippen LogP contribution in [0.15, 0.2) is 67.5 Å². The third kappa shape index (κ3) is 2.70. The third-order valence-corrected chi connectivity index (χ3v) is 3.49. The molecule has 0 fully saturated rings. The zero-order valence-corrected chi connectivity index (χ0v) is 12.5. The van der Waals surface area contributed by atoms with Crippen molar-refractivity contribution in [3.63, 3.8) is 0 Å². The molecule has 0 saturated carbocycles. The van der Waals surface area contributed by atoms with Crippen LogP contribution in [0.4, 0.5) is 5.82 Å². The van der Waals surface area contributed by atoms with Crippen LogP contribution >= 0.6 is 0 Å². The number of hydrogen-bond acceptors (Lipinski definition) is 5. The lowest BCUT2D eigenvalue weighted by Gasteiger charge is -2.06. The number of nitrogens with one attached hydrogen (secondary N) is 1. The zero-order chi connectivity index (χ0) is 16.4. The number of aromatic nitrogens is 5. The number of para-hydroxylation sites is 1. The molecule has 0 radical (unpaired) electrons. The Morgan fingerprint density at radius 1 is 1.08 bits per heavy atom. The number of amides is 1. The second-order valence-electron chi connectivity index (χ2n) is 5.07. The second kappa shape index (κ2) is 5.88. The molecule has 0 atom stereocenters. The molecule has 4 aromatic rings. The Kier molecular flexibility index (Phi) is 3.43. The van der Waals surface area contributed by atoms with Crippen molar-refractivity contribution in [2.75, 3.05) is 5.32 Å². The lowest BCUT2D eigenvalue weighted by atomic mass is 10.2. The van der Waals surface area contributed by atoms with E-state index in [4.69, 9.17) is 0 Å². The highest BCUT2D eigenvalue weighted by molar-refractivity contribution is 6.03. The van der Waals surface area contributed by atoms with E-state index < -0.39 is 0 Å². The van der Waals surface area contributed by atoms with Gasteiger partial charge in [-0.05, 0) is 12.1 Å². The van der Waals surface area contributed by atoms with Crippen LogP contribution in [0.1, 0.15) is 10.5 Å². The topological polar surface area (TPSA) is 85.6 Å². The van der Waals surface area contributed by atoms with Gasteiger partial charge >= 0.3 is 0 Å². The van der Waals surface area contributed by atoms with E-state index in [1.54, 1.807) is 35.4 Å². The number of benzene rings is 1. The van der Waals surface area contributed by atoms with Gasteiger partial charge < -0.3 is 5.32 Å². The summed E-state index contributed by atoms with van der Waals surface area (Å²) in [6.45, 7) is 0. The van der Waals surface area contributed by atoms with Crippen molar-refractivity contribution in [2.24, 2.45) is 0 Å². The number of imidazole rings is 1. The van der Waals surface area contributed by atoms with E-state index in [2.05, 4.69) is 25.3 Å². The first kappa shape index (κ1) is 14.0. The number of fused-ring (bicyclic) bond motifs is 1. The second-order valence-corrected chi connectivity index (χ2v) is 5.07. The van der Waals surface area contributed by atoms with Crippen LogP contribution in [0.3, 0.4) is 0 Å². The van der Waals surface area contributed by atoms with E-state index in [1.165, 1.54) is 6.33 Å². The average Bonchev–Trinajstić information content (AvgIpc) is 3.16. The van der Waals surface area contributed by atoms with Gasteiger partial charge in [0, 0.05) is 23.8 Å². The Balaban J connectivity index is 1.60. The fourth-order valence-corrected chi connectivity index (χ4v) is 2.32. The summed E-state index contributed by atoms with van der Waals surface area (Å²) in [4.78, 5) is 29.0. The first-order valence-corrected chi connectivity index (χ1v) is 7.27. The van der Waals surface area contributed by atoms with Crippen molar-refractivity contribution >= 4 is 22.6 Å². The maximum absolute atomic E-state index is 12.4. The number of rotatable bonds is 3. The Hall–Kier alpha value is -3.61. The van der Waals surface area contributed by atoms with Gasteiger partial charge in [-0.2, -0.15) is 0 Å². The first-order valence-electron chi connectivity index (χ1n) is 7.27. The molecule has 7 nitrogen and oxygen atoms in total. The molecular weight excluding hydrogens is 304 g/mol. The molecule has 116 valence electrons. The summed E-state index contributed by atoms with van der Waals surface area (Å²) >= 11 is 0. The molecular formula is C17H12N6O. The number of pyridine rings is 1. The van der Waals surface area contributed by atoms with Crippen molar-refractivity contribution in [1.82, 2.24) is 24.5 Å². The Labute approximate surface area is 137 Å². The molecule has 4 rings (SSSR count). The SMILES string of the molecule is O=C(Nc1cc(-n2ccnc2)ncn1)c1ccc2ccccc2n1. The van der Waals surface area contributed by atoms with Crippen LogP contribution in [0.25, 0.3) is 16.7 Å². The molecule has 0 bridgehead atoms. The van der Waals surface area contributed by atoms with Crippen molar-refractivity contribution in [2.45, 2.75) is 0 Å². The van der Waals surface area contributed by atoms with Gasteiger partial charge in [0.05, 0.1) is 5.52 Å². The summed E-state index contributed by atoms with van der Waals surface area (Å²) in [6, 6.07) is 12.9. The quantitative estimate of drug-likeness (QED) is 0.627. The minimum absolute atomic E-state index is 0.323.